The maximum Gasteiger partial charge on any atom is 0.225 e. The highest BCUT2D eigenvalue weighted by atomic mass is 35.5. The lowest BCUT2D eigenvalue weighted by Crippen LogP contribution is -2.57. The molecule has 0 bridgehead atoms. The van der Waals surface area contributed by atoms with Crippen molar-refractivity contribution in [2.45, 2.75) is 52.0 Å². The van der Waals surface area contributed by atoms with Crippen LogP contribution in [0.3, 0.4) is 0 Å². The molecule has 3 aromatic heterocycles. The molecule has 43 heavy (non-hydrogen) atoms. The Bertz CT molecular complexity index is 1670. The molecule has 2 aromatic carbocycles. The first-order valence-corrected chi connectivity index (χ1v) is 15.4. The Balaban J connectivity index is 1.32. The average Bonchev–Trinajstić information content (AvgIpc) is 3.64. The minimum absolute atomic E-state index is 0.0219. The average molecular weight is 624 g/mol. The third-order valence-corrected chi connectivity index (χ3v) is 9.02. The number of fused-ring (bicyclic) bond motifs is 1. The first kappa shape index (κ1) is 29.6. The Morgan fingerprint density at radius 2 is 1.60 bits per heavy atom. The van der Waals surface area contributed by atoms with Gasteiger partial charge in [0, 0.05) is 43.5 Å². The van der Waals surface area contributed by atoms with E-state index in [0.29, 0.717) is 35.9 Å². The predicted molar refractivity (Wildman–Crippen MR) is 165 cm³/mol. The molecule has 3 atom stereocenters. The van der Waals surface area contributed by atoms with Crippen molar-refractivity contribution in [3.63, 3.8) is 0 Å². The van der Waals surface area contributed by atoms with Crippen molar-refractivity contribution >= 4 is 39.1 Å². The zero-order chi connectivity index (χ0) is 30.2. The minimum atomic E-state index is -0.295. The Kier molecular flexibility index (Phi) is 8.41. The molecule has 1 aliphatic rings. The molecule has 1 aliphatic heterocycles. The van der Waals surface area contributed by atoms with Crippen LogP contribution in [0.25, 0.3) is 20.9 Å². The van der Waals surface area contributed by atoms with Gasteiger partial charge in [-0.1, -0.05) is 35.6 Å². The van der Waals surface area contributed by atoms with E-state index in [9.17, 15) is 8.78 Å². The molecule has 5 aromatic rings. The van der Waals surface area contributed by atoms with Gasteiger partial charge in [-0.2, -0.15) is 10.1 Å². The summed E-state index contributed by atoms with van der Waals surface area (Å²) in [5.74, 6) is 0.0965. The standard InChI is InChI=1S/C31H32ClF2N7OS/c1-5-42-20(4)41-17-23(14-35-41)29-36-26-28(37-31(32)38-30(26)43-29)40-16-18(2)39(15-19(40)3)27(21-6-10-24(33)11-7-21)22-8-12-25(34)13-9-22/h6-14,17-20,27H,5,15-16H2,1-4H3/t18-,19+,20?/m1/s1. The molecule has 1 saturated heterocycles. The predicted octanol–water partition coefficient (Wildman–Crippen LogP) is 7.13. The van der Waals surface area contributed by atoms with Crippen LogP contribution in [0.1, 0.15) is 51.1 Å². The summed E-state index contributed by atoms with van der Waals surface area (Å²) in [6.07, 6.45) is 3.50. The van der Waals surface area contributed by atoms with E-state index in [2.05, 4.69) is 38.7 Å². The van der Waals surface area contributed by atoms with Gasteiger partial charge in [0.2, 0.25) is 5.28 Å². The second-order valence-electron chi connectivity index (χ2n) is 10.8. The third kappa shape index (κ3) is 5.99. The molecule has 0 aliphatic carbocycles. The van der Waals surface area contributed by atoms with Crippen LogP contribution in [0, 0.1) is 11.6 Å². The molecule has 0 saturated carbocycles. The van der Waals surface area contributed by atoms with Gasteiger partial charge in [0.1, 0.15) is 28.4 Å². The number of hydrogen-bond acceptors (Lipinski definition) is 8. The molecule has 8 nitrogen and oxygen atoms in total. The van der Waals surface area contributed by atoms with Crippen LogP contribution >= 0.6 is 22.9 Å². The topological polar surface area (TPSA) is 72.2 Å². The molecular weight excluding hydrogens is 592 g/mol. The highest BCUT2D eigenvalue weighted by molar-refractivity contribution is 7.21. The summed E-state index contributed by atoms with van der Waals surface area (Å²) in [5, 5.41) is 5.39. The van der Waals surface area contributed by atoms with Crippen LogP contribution in [0.4, 0.5) is 14.6 Å². The van der Waals surface area contributed by atoms with E-state index >= 15 is 0 Å². The van der Waals surface area contributed by atoms with Crippen LogP contribution < -0.4 is 4.90 Å². The summed E-state index contributed by atoms with van der Waals surface area (Å²) < 4.78 is 35.1. The number of rotatable bonds is 8. The first-order valence-electron chi connectivity index (χ1n) is 14.2. The number of anilines is 1. The molecule has 1 fully saturated rings. The molecule has 0 amide bonds. The minimum Gasteiger partial charge on any atom is -0.357 e. The number of halogens is 3. The first-order chi connectivity index (χ1) is 20.7. The molecular formula is C31H32ClF2N7OS. The van der Waals surface area contributed by atoms with E-state index in [1.807, 2.05) is 20.0 Å². The lowest BCUT2D eigenvalue weighted by Gasteiger charge is -2.48. The van der Waals surface area contributed by atoms with Crippen LogP contribution in [0.15, 0.2) is 60.9 Å². The fraction of sp³-hybridized carbons (Fsp3) is 0.355. The second-order valence-corrected chi connectivity index (χ2v) is 12.1. The summed E-state index contributed by atoms with van der Waals surface area (Å²) in [6.45, 7) is 10.1. The molecule has 0 N–H and O–H groups in total. The maximum atomic E-state index is 13.9. The summed E-state index contributed by atoms with van der Waals surface area (Å²) >= 11 is 7.90. The normalized spacial score (nSPS) is 18.6. The zero-order valence-corrected chi connectivity index (χ0v) is 25.9. The van der Waals surface area contributed by atoms with Gasteiger partial charge >= 0.3 is 0 Å². The van der Waals surface area contributed by atoms with Gasteiger partial charge in [-0.3, -0.25) is 4.90 Å². The van der Waals surface area contributed by atoms with E-state index < -0.39 is 0 Å². The molecule has 6 rings (SSSR count). The highest BCUT2D eigenvalue weighted by Crippen LogP contribution is 2.38. The number of aromatic nitrogens is 5. The van der Waals surface area contributed by atoms with E-state index in [0.717, 1.165) is 21.7 Å². The van der Waals surface area contributed by atoms with Gasteiger partial charge in [0.25, 0.3) is 0 Å². The van der Waals surface area contributed by atoms with Gasteiger partial charge in [0.15, 0.2) is 10.6 Å². The molecule has 224 valence electrons. The van der Waals surface area contributed by atoms with Crippen molar-refractivity contribution < 1.29 is 13.5 Å². The summed E-state index contributed by atoms with van der Waals surface area (Å²) in [4.78, 5) is 19.4. The van der Waals surface area contributed by atoms with E-state index in [1.165, 1.54) is 35.6 Å². The number of nitrogens with zero attached hydrogens (tertiary/aromatic N) is 7. The molecule has 1 unspecified atom stereocenters. The lowest BCUT2D eigenvalue weighted by molar-refractivity contribution is 0.0160. The Morgan fingerprint density at radius 1 is 0.953 bits per heavy atom. The third-order valence-electron chi connectivity index (χ3n) is 7.85. The fourth-order valence-electron chi connectivity index (χ4n) is 5.75. The summed E-state index contributed by atoms with van der Waals surface area (Å²) in [7, 11) is 0. The van der Waals surface area contributed by atoms with Crippen LogP contribution in [0.2, 0.25) is 5.28 Å². The summed E-state index contributed by atoms with van der Waals surface area (Å²) in [6, 6.07) is 13.0. The molecule has 0 radical (unpaired) electrons. The number of thiazole rings is 1. The van der Waals surface area contributed by atoms with Crippen molar-refractivity contribution in [3.05, 3.63) is 89.0 Å². The molecule has 0 spiro atoms. The Labute approximate surface area is 257 Å². The second kappa shape index (κ2) is 12.2. The highest BCUT2D eigenvalue weighted by Gasteiger charge is 2.36. The van der Waals surface area contributed by atoms with E-state index in [1.54, 1.807) is 35.1 Å². The SMILES string of the molecule is CCOC(C)n1cc(-c2nc3c(N4C[C@@H](C)N(C(c5ccc(F)cc5)c5ccc(F)cc5)C[C@@H]4C)nc(Cl)nc3s2)cn1. The fourth-order valence-corrected chi connectivity index (χ4v) is 6.87. The Morgan fingerprint density at radius 3 is 2.23 bits per heavy atom. The van der Waals surface area contributed by atoms with Crippen LogP contribution in [-0.4, -0.2) is 61.4 Å². The van der Waals surface area contributed by atoms with E-state index in [4.69, 9.17) is 21.3 Å². The van der Waals surface area contributed by atoms with Gasteiger partial charge in [-0.05, 0) is 74.7 Å². The molecule has 12 heteroatoms. The largest absolute Gasteiger partial charge is 0.357 e. The number of piperazine rings is 1. The van der Waals surface area contributed by atoms with Gasteiger partial charge in [-0.25, -0.2) is 23.4 Å². The van der Waals surface area contributed by atoms with Crippen molar-refractivity contribution in [1.82, 2.24) is 29.6 Å². The zero-order valence-electron chi connectivity index (χ0n) is 24.3. The van der Waals surface area contributed by atoms with Crippen LogP contribution in [0.5, 0.6) is 0 Å². The number of ether oxygens (including phenoxy) is 1. The van der Waals surface area contributed by atoms with Crippen molar-refractivity contribution in [1.29, 1.82) is 0 Å². The Hall–Kier alpha value is -3.51. The van der Waals surface area contributed by atoms with Crippen molar-refractivity contribution in [2.75, 3.05) is 24.6 Å². The molecule has 4 heterocycles. The van der Waals surface area contributed by atoms with Gasteiger partial charge in [-0.15, -0.1) is 0 Å². The van der Waals surface area contributed by atoms with Crippen LogP contribution in [-0.2, 0) is 4.74 Å². The number of hydrogen-bond donors (Lipinski definition) is 0. The smallest absolute Gasteiger partial charge is 0.225 e. The van der Waals surface area contributed by atoms with Gasteiger partial charge in [0.05, 0.1) is 12.2 Å². The summed E-state index contributed by atoms with van der Waals surface area (Å²) in [5.41, 5.74) is 3.44. The quantitative estimate of drug-likeness (QED) is 0.170. The van der Waals surface area contributed by atoms with Gasteiger partial charge < -0.3 is 9.64 Å². The van der Waals surface area contributed by atoms with Crippen molar-refractivity contribution in [3.8, 4) is 10.6 Å². The maximum absolute atomic E-state index is 13.9. The van der Waals surface area contributed by atoms with E-state index in [-0.39, 0.29) is 41.3 Å². The lowest BCUT2D eigenvalue weighted by atomic mass is 9.93. The monoisotopic (exact) mass is 623 g/mol. The number of benzene rings is 2. The van der Waals surface area contributed by atoms with Crippen molar-refractivity contribution in [2.24, 2.45) is 0 Å².